The maximum Gasteiger partial charge on any atom is 0.417 e. The second-order valence-corrected chi connectivity index (χ2v) is 9.12. The molecular formula is C22H18ClF3N2O3S. The highest BCUT2D eigenvalue weighted by atomic mass is 35.5. The highest BCUT2D eigenvalue weighted by Gasteiger charge is 2.33. The van der Waals surface area contributed by atoms with Gasteiger partial charge in [-0.05, 0) is 55.0 Å². The number of hydrogen-bond donors (Lipinski definition) is 2. The summed E-state index contributed by atoms with van der Waals surface area (Å²) in [4.78, 5) is 12.0. The molecular weight excluding hydrogens is 465 g/mol. The van der Waals surface area contributed by atoms with Crippen LogP contribution in [0.25, 0.3) is 0 Å². The van der Waals surface area contributed by atoms with Gasteiger partial charge < -0.3 is 5.32 Å². The van der Waals surface area contributed by atoms with Crippen LogP contribution in [0.5, 0.6) is 0 Å². The number of carbonyl (C=O) groups excluding carboxylic acids is 1. The number of hydrogen-bond acceptors (Lipinski definition) is 3. The SMILES string of the molecule is Cc1ccc(CC(=O)Nc2ccc(S(=O)(=O)Nc3ccc(Cl)c(C(F)(F)F)c3)cc2)cc1. The van der Waals surface area contributed by atoms with E-state index in [1.165, 1.54) is 24.3 Å². The van der Waals surface area contributed by atoms with Crippen molar-refractivity contribution in [3.8, 4) is 0 Å². The number of sulfonamides is 1. The third-order valence-electron chi connectivity index (χ3n) is 4.46. The van der Waals surface area contributed by atoms with E-state index < -0.39 is 26.8 Å². The molecule has 168 valence electrons. The van der Waals surface area contributed by atoms with Gasteiger partial charge in [0, 0.05) is 11.4 Å². The summed E-state index contributed by atoms with van der Waals surface area (Å²) in [5, 5.41) is 2.13. The van der Waals surface area contributed by atoms with Gasteiger partial charge >= 0.3 is 6.18 Å². The fourth-order valence-corrected chi connectivity index (χ4v) is 4.11. The molecule has 0 saturated heterocycles. The predicted octanol–water partition coefficient (Wildman–Crippen LogP) is 5.65. The summed E-state index contributed by atoms with van der Waals surface area (Å²) in [7, 11) is -4.16. The molecule has 3 rings (SSSR count). The Morgan fingerprint density at radius 1 is 0.938 bits per heavy atom. The van der Waals surface area contributed by atoms with E-state index in [2.05, 4.69) is 10.0 Å². The topological polar surface area (TPSA) is 75.3 Å². The van der Waals surface area contributed by atoms with Gasteiger partial charge in [0.25, 0.3) is 10.0 Å². The number of aryl methyl sites for hydroxylation is 1. The molecule has 0 atom stereocenters. The van der Waals surface area contributed by atoms with E-state index in [-0.39, 0.29) is 22.9 Å². The summed E-state index contributed by atoms with van der Waals surface area (Å²) in [5.41, 5.74) is 0.862. The molecule has 3 aromatic carbocycles. The summed E-state index contributed by atoms with van der Waals surface area (Å²) >= 11 is 5.55. The maximum atomic E-state index is 13.0. The molecule has 0 fully saturated rings. The van der Waals surface area contributed by atoms with Gasteiger partial charge in [0.2, 0.25) is 5.91 Å². The molecule has 1 amide bonds. The van der Waals surface area contributed by atoms with E-state index in [0.29, 0.717) is 11.8 Å². The van der Waals surface area contributed by atoms with E-state index in [9.17, 15) is 26.4 Å². The van der Waals surface area contributed by atoms with Crippen LogP contribution in [0.4, 0.5) is 24.5 Å². The number of alkyl halides is 3. The molecule has 0 aliphatic heterocycles. The number of rotatable bonds is 6. The van der Waals surface area contributed by atoms with Gasteiger partial charge in [-0.1, -0.05) is 41.4 Å². The van der Waals surface area contributed by atoms with Crippen LogP contribution in [0.2, 0.25) is 5.02 Å². The first-order valence-electron chi connectivity index (χ1n) is 9.29. The average molecular weight is 483 g/mol. The first-order chi connectivity index (χ1) is 14.9. The number of nitrogens with one attached hydrogen (secondary N) is 2. The normalized spacial score (nSPS) is 11.8. The zero-order valence-corrected chi connectivity index (χ0v) is 18.3. The first kappa shape index (κ1) is 23.6. The van der Waals surface area contributed by atoms with Crippen molar-refractivity contribution in [1.29, 1.82) is 0 Å². The quantitative estimate of drug-likeness (QED) is 0.477. The Morgan fingerprint density at radius 3 is 2.12 bits per heavy atom. The van der Waals surface area contributed by atoms with Crippen molar-refractivity contribution in [2.45, 2.75) is 24.4 Å². The number of carbonyl (C=O) groups is 1. The van der Waals surface area contributed by atoms with Crippen molar-refractivity contribution in [3.05, 3.63) is 88.4 Å². The fraction of sp³-hybridized carbons (Fsp3) is 0.136. The van der Waals surface area contributed by atoms with Crippen LogP contribution in [0.1, 0.15) is 16.7 Å². The lowest BCUT2D eigenvalue weighted by atomic mass is 10.1. The lowest BCUT2D eigenvalue weighted by molar-refractivity contribution is -0.137. The van der Waals surface area contributed by atoms with E-state index in [0.717, 1.165) is 23.3 Å². The molecule has 32 heavy (non-hydrogen) atoms. The number of amides is 1. The average Bonchev–Trinajstić information content (AvgIpc) is 2.70. The number of anilines is 2. The Balaban J connectivity index is 1.69. The zero-order valence-electron chi connectivity index (χ0n) is 16.7. The summed E-state index contributed by atoms with van der Waals surface area (Å²) in [6, 6.07) is 15.5. The molecule has 0 spiro atoms. The number of halogens is 4. The molecule has 0 heterocycles. The summed E-state index contributed by atoms with van der Waals surface area (Å²) < 4.78 is 66.1. The molecule has 0 aliphatic rings. The van der Waals surface area contributed by atoms with Gasteiger partial charge in [0.1, 0.15) is 0 Å². The third-order valence-corrected chi connectivity index (χ3v) is 6.18. The Morgan fingerprint density at radius 2 is 1.53 bits per heavy atom. The second-order valence-electron chi connectivity index (χ2n) is 7.03. The molecule has 10 heteroatoms. The minimum atomic E-state index is -4.73. The lowest BCUT2D eigenvalue weighted by Gasteiger charge is -2.13. The molecule has 0 aliphatic carbocycles. The number of benzene rings is 3. The highest BCUT2D eigenvalue weighted by molar-refractivity contribution is 7.92. The summed E-state index contributed by atoms with van der Waals surface area (Å²) in [6.07, 6.45) is -4.57. The molecule has 5 nitrogen and oxygen atoms in total. The maximum absolute atomic E-state index is 13.0. The lowest BCUT2D eigenvalue weighted by Crippen LogP contribution is -2.16. The van der Waals surface area contributed by atoms with Gasteiger partial charge in [0.15, 0.2) is 0 Å². The van der Waals surface area contributed by atoms with Crippen LogP contribution < -0.4 is 10.0 Å². The monoisotopic (exact) mass is 482 g/mol. The minimum absolute atomic E-state index is 0.153. The Hall–Kier alpha value is -3.04. The predicted molar refractivity (Wildman–Crippen MR) is 117 cm³/mol. The summed E-state index contributed by atoms with van der Waals surface area (Å²) in [6.45, 7) is 1.94. The van der Waals surface area contributed by atoms with Crippen LogP contribution in [0.15, 0.2) is 71.6 Å². The van der Waals surface area contributed by atoms with Gasteiger partial charge in [-0.3, -0.25) is 9.52 Å². The van der Waals surface area contributed by atoms with Crippen molar-refractivity contribution in [1.82, 2.24) is 0 Å². The Kier molecular flexibility index (Phi) is 6.80. The molecule has 0 aromatic heterocycles. The fourth-order valence-electron chi connectivity index (χ4n) is 2.83. The van der Waals surface area contributed by atoms with Gasteiger partial charge in [0.05, 0.1) is 21.9 Å². The Bertz CT molecular complexity index is 1230. The van der Waals surface area contributed by atoms with Crippen LogP contribution in [-0.4, -0.2) is 14.3 Å². The standard InChI is InChI=1S/C22H18ClF3N2O3S/c1-14-2-4-15(5-3-14)12-21(29)27-16-6-9-18(10-7-16)32(30,31)28-17-8-11-20(23)19(13-17)22(24,25)26/h2-11,13,28H,12H2,1H3,(H,27,29). The second kappa shape index (κ2) is 9.22. The van der Waals surface area contributed by atoms with Crippen molar-refractivity contribution < 1.29 is 26.4 Å². The van der Waals surface area contributed by atoms with Gasteiger partial charge in [-0.15, -0.1) is 0 Å². The van der Waals surface area contributed by atoms with Gasteiger partial charge in [-0.25, -0.2) is 8.42 Å². The van der Waals surface area contributed by atoms with Gasteiger partial charge in [-0.2, -0.15) is 13.2 Å². The van der Waals surface area contributed by atoms with Crippen LogP contribution in [0, 0.1) is 6.92 Å². The van der Waals surface area contributed by atoms with Crippen molar-refractivity contribution in [2.24, 2.45) is 0 Å². The van der Waals surface area contributed by atoms with Crippen LogP contribution in [-0.2, 0) is 27.4 Å². The first-order valence-corrected chi connectivity index (χ1v) is 11.2. The van der Waals surface area contributed by atoms with E-state index >= 15 is 0 Å². The molecule has 0 saturated carbocycles. The van der Waals surface area contributed by atoms with Crippen LogP contribution >= 0.6 is 11.6 Å². The molecule has 3 aromatic rings. The molecule has 2 N–H and O–H groups in total. The van der Waals surface area contributed by atoms with Crippen molar-refractivity contribution in [3.63, 3.8) is 0 Å². The Labute approximate surface area is 188 Å². The van der Waals surface area contributed by atoms with Crippen molar-refractivity contribution >= 4 is 38.9 Å². The highest BCUT2D eigenvalue weighted by Crippen LogP contribution is 2.36. The van der Waals surface area contributed by atoms with E-state index in [1.807, 2.05) is 31.2 Å². The van der Waals surface area contributed by atoms with Crippen molar-refractivity contribution in [2.75, 3.05) is 10.0 Å². The molecule has 0 bridgehead atoms. The third kappa shape index (κ3) is 6.02. The van der Waals surface area contributed by atoms with Crippen LogP contribution in [0.3, 0.4) is 0 Å². The van der Waals surface area contributed by atoms with E-state index in [4.69, 9.17) is 11.6 Å². The van der Waals surface area contributed by atoms with E-state index in [1.54, 1.807) is 0 Å². The molecule has 0 unspecified atom stereocenters. The largest absolute Gasteiger partial charge is 0.417 e. The molecule has 0 radical (unpaired) electrons. The summed E-state index contributed by atoms with van der Waals surface area (Å²) in [5.74, 6) is -0.275. The smallest absolute Gasteiger partial charge is 0.326 e. The zero-order chi connectivity index (χ0) is 23.5. The minimum Gasteiger partial charge on any atom is -0.326 e.